The number of aryl methyl sites for hydroxylation is 2. The summed E-state index contributed by atoms with van der Waals surface area (Å²) in [6.45, 7) is 4.45. The second-order valence-corrected chi connectivity index (χ2v) is 9.60. The van der Waals surface area contributed by atoms with Gasteiger partial charge in [-0.25, -0.2) is 4.98 Å². The number of likely N-dealkylation sites (N-methyl/N-ethyl adjacent to an activating group) is 1. The van der Waals surface area contributed by atoms with Crippen LogP contribution in [-0.2, 0) is 5.60 Å². The van der Waals surface area contributed by atoms with E-state index in [-0.39, 0.29) is 11.8 Å². The monoisotopic (exact) mass is 478 g/mol. The van der Waals surface area contributed by atoms with Crippen LogP contribution in [0.15, 0.2) is 65.0 Å². The quantitative estimate of drug-likeness (QED) is 0.435. The summed E-state index contributed by atoms with van der Waals surface area (Å²) in [5.41, 5.74) is 4.17. The predicted molar refractivity (Wildman–Crippen MR) is 135 cm³/mol. The third kappa shape index (κ3) is 3.35. The van der Waals surface area contributed by atoms with Crippen molar-refractivity contribution >= 4 is 11.0 Å². The fraction of sp³-hybridized carbons (Fsp3) is 0.286. The summed E-state index contributed by atoms with van der Waals surface area (Å²) in [6.07, 6.45) is 8.39. The van der Waals surface area contributed by atoms with E-state index in [0.717, 1.165) is 34.6 Å². The highest BCUT2D eigenvalue weighted by molar-refractivity contribution is 5.88. The van der Waals surface area contributed by atoms with E-state index in [1.165, 1.54) is 0 Å². The molecule has 2 N–H and O–H groups in total. The van der Waals surface area contributed by atoms with Gasteiger partial charge in [-0.15, -0.1) is 0 Å². The Morgan fingerprint density at radius 3 is 2.81 bits per heavy atom. The molecule has 6 rings (SSSR count). The zero-order valence-electron chi connectivity index (χ0n) is 20.4. The zero-order chi connectivity index (χ0) is 25.0. The predicted octanol–water partition coefficient (Wildman–Crippen LogP) is 4.48. The number of rotatable bonds is 5. The molecule has 1 saturated carbocycles. The number of imidazole rings is 1. The average Bonchev–Trinajstić information content (AvgIpc) is 3.44. The van der Waals surface area contributed by atoms with Gasteiger partial charge in [0.25, 0.3) is 0 Å². The molecule has 0 radical (unpaired) electrons. The number of H-pyrrole nitrogens is 1. The van der Waals surface area contributed by atoms with Crippen LogP contribution in [0.4, 0.5) is 0 Å². The molecular weight excluding hydrogens is 452 g/mol. The zero-order valence-corrected chi connectivity index (χ0v) is 20.4. The summed E-state index contributed by atoms with van der Waals surface area (Å²) in [4.78, 5) is 15.0. The molecule has 8 heteroatoms. The van der Waals surface area contributed by atoms with Crippen LogP contribution in [0.25, 0.3) is 22.2 Å². The van der Waals surface area contributed by atoms with Gasteiger partial charge in [-0.05, 0) is 56.2 Å². The van der Waals surface area contributed by atoms with Crippen LogP contribution in [0.1, 0.15) is 40.9 Å². The van der Waals surface area contributed by atoms with Crippen LogP contribution in [0.3, 0.4) is 0 Å². The molecule has 4 heterocycles. The molecule has 0 spiro atoms. The minimum Gasteiger partial charge on any atom is -0.373 e. The molecule has 180 valence electrons. The van der Waals surface area contributed by atoms with Crippen LogP contribution < -0.4 is 0 Å². The maximum atomic E-state index is 12.7. The van der Waals surface area contributed by atoms with Gasteiger partial charge in [0, 0.05) is 36.8 Å². The van der Waals surface area contributed by atoms with E-state index in [1.807, 2.05) is 74.4 Å². The first-order chi connectivity index (χ1) is 17.4. The summed E-state index contributed by atoms with van der Waals surface area (Å²) >= 11 is 0. The summed E-state index contributed by atoms with van der Waals surface area (Å²) in [5.74, 6) is 1.49. The van der Waals surface area contributed by atoms with E-state index >= 15 is 0 Å². The molecule has 1 aliphatic heterocycles. The number of hydrogen-bond donors (Lipinski definition) is 2. The Morgan fingerprint density at radius 2 is 2.14 bits per heavy atom. The minimum absolute atomic E-state index is 0.0388. The molecule has 3 atom stereocenters. The molecule has 4 aromatic rings. The number of fused-ring (bicyclic) bond motifs is 1. The number of aromatic amines is 1. The third-order valence-corrected chi connectivity index (χ3v) is 7.21. The molecule has 0 saturated heterocycles. The molecule has 1 aliphatic carbocycles. The maximum Gasteiger partial charge on any atom is 0.174 e. The molecule has 2 aliphatic rings. The molecular formula is C28H26N6O2. The van der Waals surface area contributed by atoms with Crippen molar-refractivity contribution in [2.45, 2.75) is 31.8 Å². The maximum absolute atomic E-state index is 12.7. The average molecular weight is 479 g/mol. The number of pyridine rings is 1. The van der Waals surface area contributed by atoms with Gasteiger partial charge in [-0.3, -0.25) is 4.98 Å². The Morgan fingerprint density at radius 1 is 1.28 bits per heavy atom. The van der Waals surface area contributed by atoms with Crippen molar-refractivity contribution in [1.82, 2.24) is 25.0 Å². The van der Waals surface area contributed by atoms with Crippen LogP contribution in [0.2, 0.25) is 0 Å². The first-order valence-corrected chi connectivity index (χ1v) is 12.0. The third-order valence-electron chi connectivity index (χ3n) is 7.21. The summed E-state index contributed by atoms with van der Waals surface area (Å²) in [7, 11) is 1.95. The van der Waals surface area contributed by atoms with Crippen LogP contribution in [0.5, 0.6) is 0 Å². The number of nitriles is 1. The molecule has 8 nitrogen and oxygen atoms in total. The van der Waals surface area contributed by atoms with Gasteiger partial charge in [0.2, 0.25) is 0 Å². The van der Waals surface area contributed by atoms with Crippen molar-refractivity contribution in [2.75, 3.05) is 13.6 Å². The van der Waals surface area contributed by atoms with Crippen LogP contribution >= 0.6 is 0 Å². The van der Waals surface area contributed by atoms with Crippen molar-refractivity contribution in [3.63, 3.8) is 0 Å². The Hall–Kier alpha value is -4.22. The molecule has 1 fully saturated rings. The normalized spacial score (nSPS) is 20.8. The first-order valence-electron chi connectivity index (χ1n) is 12.0. The number of aromatic nitrogens is 4. The van der Waals surface area contributed by atoms with Gasteiger partial charge in [-0.1, -0.05) is 23.4 Å². The summed E-state index contributed by atoms with van der Waals surface area (Å²) in [5, 5.41) is 26.3. The highest BCUT2D eigenvalue weighted by atomic mass is 16.5. The molecule has 3 aromatic heterocycles. The fourth-order valence-electron chi connectivity index (χ4n) is 5.25. The van der Waals surface area contributed by atoms with E-state index < -0.39 is 5.60 Å². The van der Waals surface area contributed by atoms with E-state index in [0.29, 0.717) is 34.8 Å². The second kappa shape index (κ2) is 8.18. The molecule has 0 amide bonds. The summed E-state index contributed by atoms with van der Waals surface area (Å²) in [6, 6.07) is 11.9. The van der Waals surface area contributed by atoms with E-state index in [4.69, 9.17) is 9.51 Å². The minimum atomic E-state index is -1.58. The largest absolute Gasteiger partial charge is 0.373 e. The number of nitrogens with zero attached hydrogens (tertiary/aromatic N) is 5. The molecule has 3 unspecified atom stereocenters. The van der Waals surface area contributed by atoms with Gasteiger partial charge in [0.1, 0.15) is 11.6 Å². The van der Waals surface area contributed by atoms with Crippen molar-refractivity contribution in [3.8, 4) is 17.2 Å². The molecule has 36 heavy (non-hydrogen) atoms. The Labute approximate surface area is 208 Å². The Kier molecular flexibility index (Phi) is 5.06. The number of aliphatic hydroxyl groups is 1. The highest BCUT2D eigenvalue weighted by Crippen LogP contribution is 2.48. The Bertz CT molecular complexity index is 1560. The lowest BCUT2D eigenvalue weighted by Crippen LogP contribution is -2.40. The number of nitrogens with one attached hydrogen (secondary N) is 1. The number of benzene rings is 1. The Balaban J connectivity index is 1.67. The van der Waals surface area contributed by atoms with Crippen LogP contribution in [0, 0.1) is 31.1 Å². The molecule has 0 bridgehead atoms. The molecule has 1 aromatic carbocycles. The number of allylic oxidation sites excluding steroid dienone is 2. The lowest BCUT2D eigenvalue weighted by Gasteiger charge is -2.37. The summed E-state index contributed by atoms with van der Waals surface area (Å²) < 4.78 is 5.47. The van der Waals surface area contributed by atoms with Gasteiger partial charge in [0.05, 0.1) is 40.1 Å². The standard InChI is InChI=1S/C28H26N6O2/c1-16-25(17(2)36-33-16)18-13-21(26-22(14-18)31-27(32-26)20-12-19(20)15-29)28(35,23-8-4-6-10-30-23)24-9-5-7-11-34(24)3/h4-10,13-14,19-20,35H,11-12H2,1-3H3,(H,31,32). The van der Waals surface area contributed by atoms with Gasteiger partial charge in [-0.2, -0.15) is 5.26 Å². The van der Waals surface area contributed by atoms with E-state index in [1.54, 1.807) is 6.20 Å². The van der Waals surface area contributed by atoms with Crippen molar-refractivity contribution in [1.29, 1.82) is 5.26 Å². The van der Waals surface area contributed by atoms with Gasteiger partial charge >= 0.3 is 0 Å². The van der Waals surface area contributed by atoms with Gasteiger partial charge in [0.15, 0.2) is 5.60 Å². The van der Waals surface area contributed by atoms with Crippen molar-refractivity contribution in [2.24, 2.45) is 5.92 Å². The first kappa shape index (κ1) is 22.3. The van der Waals surface area contributed by atoms with Crippen LogP contribution in [-0.4, -0.2) is 43.7 Å². The van der Waals surface area contributed by atoms with Crippen molar-refractivity contribution < 1.29 is 9.63 Å². The fourth-order valence-corrected chi connectivity index (χ4v) is 5.25. The van der Waals surface area contributed by atoms with Crippen molar-refractivity contribution in [3.05, 3.63) is 89.0 Å². The second-order valence-electron chi connectivity index (χ2n) is 9.60. The van der Waals surface area contributed by atoms with E-state index in [2.05, 4.69) is 21.2 Å². The lowest BCUT2D eigenvalue weighted by atomic mass is 9.82. The van der Waals surface area contributed by atoms with Gasteiger partial charge < -0.3 is 19.5 Å². The number of hydrogen-bond acceptors (Lipinski definition) is 7. The SMILES string of the molecule is Cc1noc(C)c1-c1cc(C(O)(C2=CC=CCN2C)c2ccccn2)c2nc(C3CC3C#N)[nH]c2c1. The topological polar surface area (TPSA) is 115 Å². The lowest BCUT2D eigenvalue weighted by molar-refractivity contribution is 0.0869. The highest BCUT2D eigenvalue weighted by Gasteiger charge is 2.44. The van der Waals surface area contributed by atoms with E-state index in [9.17, 15) is 10.4 Å². The smallest absolute Gasteiger partial charge is 0.174 e.